The summed E-state index contributed by atoms with van der Waals surface area (Å²) in [5.74, 6) is 0.355. The standard InChI is InChI=1S/C10H11NO3/c1-2-13-10(12)8-5-9-7(6-11-8)3-4-14-9/h5-6H,2-4H2,1H3. The van der Waals surface area contributed by atoms with Crippen LogP contribution in [0, 0.1) is 0 Å². The fraction of sp³-hybridized carbons (Fsp3) is 0.400. The summed E-state index contributed by atoms with van der Waals surface area (Å²) in [6.45, 7) is 2.80. The number of pyridine rings is 1. The highest BCUT2D eigenvalue weighted by Crippen LogP contribution is 2.24. The number of ether oxygens (including phenoxy) is 2. The molecule has 1 aliphatic heterocycles. The van der Waals surface area contributed by atoms with Gasteiger partial charge in [-0.15, -0.1) is 0 Å². The van der Waals surface area contributed by atoms with Crippen LogP contribution in [-0.4, -0.2) is 24.2 Å². The molecule has 4 heteroatoms. The molecule has 0 N–H and O–H groups in total. The monoisotopic (exact) mass is 193 g/mol. The number of aromatic nitrogens is 1. The predicted octanol–water partition coefficient (Wildman–Crippen LogP) is 1.19. The van der Waals surface area contributed by atoms with Gasteiger partial charge in [-0.1, -0.05) is 0 Å². The van der Waals surface area contributed by atoms with Crippen LogP contribution in [0.15, 0.2) is 12.3 Å². The maximum Gasteiger partial charge on any atom is 0.357 e. The second-order valence-corrected chi connectivity index (χ2v) is 3.00. The molecular weight excluding hydrogens is 182 g/mol. The molecule has 2 heterocycles. The van der Waals surface area contributed by atoms with E-state index in [1.807, 2.05) is 0 Å². The van der Waals surface area contributed by atoms with Gasteiger partial charge in [0.25, 0.3) is 0 Å². The molecule has 1 aromatic heterocycles. The molecule has 0 saturated heterocycles. The number of nitrogens with zero attached hydrogens (tertiary/aromatic N) is 1. The molecule has 0 aliphatic carbocycles. The lowest BCUT2D eigenvalue weighted by atomic mass is 10.2. The Labute approximate surface area is 81.9 Å². The van der Waals surface area contributed by atoms with Gasteiger partial charge in [0.2, 0.25) is 0 Å². The number of fused-ring (bicyclic) bond motifs is 1. The molecule has 0 unspecified atom stereocenters. The van der Waals surface area contributed by atoms with Crippen LogP contribution in [0.1, 0.15) is 23.0 Å². The Morgan fingerprint density at radius 3 is 3.36 bits per heavy atom. The molecule has 2 rings (SSSR count). The fourth-order valence-corrected chi connectivity index (χ4v) is 1.37. The van der Waals surface area contributed by atoms with Crippen LogP contribution in [0.5, 0.6) is 5.75 Å². The third-order valence-electron chi connectivity index (χ3n) is 2.06. The molecule has 0 radical (unpaired) electrons. The molecule has 0 amide bonds. The topological polar surface area (TPSA) is 48.4 Å². The summed E-state index contributed by atoms with van der Waals surface area (Å²) >= 11 is 0. The van der Waals surface area contributed by atoms with Crippen LogP contribution in [0.4, 0.5) is 0 Å². The van der Waals surface area contributed by atoms with Crippen molar-refractivity contribution in [3.63, 3.8) is 0 Å². The lowest BCUT2D eigenvalue weighted by molar-refractivity contribution is 0.0519. The van der Waals surface area contributed by atoms with Crippen molar-refractivity contribution in [3.8, 4) is 5.75 Å². The summed E-state index contributed by atoms with van der Waals surface area (Å²) in [5.41, 5.74) is 1.37. The molecule has 0 fully saturated rings. The van der Waals surface area contributed by atoms with Crippen LogP contribution in [0.3, 0.4) is 0 Å². The van der Waals surface area contributed by atoms with Crippen LogP contribution in [0.2, 0.25) is 0 Å². The minimum atomic E-state index is -0.397. The highest BCUT2D eigenvalue weighted by molar-refractivity contribution is 5.87. The van der Waals surface area contributed by atoms with Crippen molar-refractivity contribution in [1.29, 1.82) is 0 Å². The Hall–Kier alpha value is -1.58. The van der Waals surface area contributed by atoms with Gasteiger partial charge in [0.05, 0.1) is 13.2 Å². The van der Waals surface area contributed by atoms with E-state index in [0.717, 1.165) is 17.7 Å². The summed E-state index contributed by atoms with van der Waals surface area (Å²) in [4.78, 5) is 15.3. The molecule has 0 aromatic carbocycles. The minimum absolute atomic E-state index is 0.313. The molecule has 74 valence electrons. The molecule has 1 aliphatic rings. The molecule has 14 heavy (non-hydrogen) atoms. The van der Waals surface area contributed by atoms with Gasteiger partial charge in [-0.05, 0) is 6.92 Å². The minimum Gasteiger partial charge on any atom is -0.493 e. The molecule has 4 nitrogen and oxygen atoms in total. The van der Waals surface area contributed by atoms with Crippen molar-refractivity contribution in [2.75, 3.05) is 13.2 Å². The van der Waals surface area contributed by atoms with E-state index in [-0.39, 0.29) is 0 Å². The first-order valence-corrected chi connectivity index (χ1v) is 4.60. The smallest absolute Gasteiger partial charge is 0.357 e. The van der Waals surface area contributed by atoms with Crippen LogP contribution < -0.4 is 4.74 Å². The first kappa shape index (κ1) is 8.99. The van der Waals surface area contributed by atoms with Gasteiger partial charge in [0.15, 0.2) is 5.69 Å². The zero-order valence-electron chi connectivity index (χ0n) is 7.95. The van der Waals surface area contributed by atoms with Crippen molar-refractivity contribution < 1.29 is 14.3 Å². The lowest BCUT2D eigenvalue weighted by Gasteiger charge is -2.02. The number of hydrogen-bond acceptors (Lipinski definition) is 4. The number of carbonyl (C=O) groups excluding carboxylic acids is 1. The zero-order valence-corrected chi connectivity index (χ0v) is 7.95. The summed E-state index contributed by atoms with van der Waals surface area (Å²) in [6, 6.07) is 1.64. The summed E-state index contributed by atoms with van der Waals surface area (Å²) in [7, 11) is 0. The van der Waals surface area contributed by atoms with Gasteiger partial charge in [-0.2, -0.15) is 0 Å². The van der Waals surface area contributed by atoms with Gasteiger partial charge in [0, 0.05) is 24.2 Å². The van der Waals surface area contributed by atoms with E-state index in [1.165, 1.54) is 0 Å². The molecular formula is C10H11NO3. The number of rotatable bonds is 2. The average molecular weight is 193 g/mol. The molecule has 0 atom stereocenters. The molecule has 0 bridgehead atoms. The average Bonchev–Trinajstić information content (AvgIpc) is 2.64. The Morgan fingerprint density at radius 2 is 2.57 bits per heavy atom. The van der Waals surface area contributed by atoms with Gasteiger partial charge in [-0.3, -0.25) is 0 Å². The van der Waals surface area contributed by atoms with Crippen LogP contribution in [-0.2, 0) is 11.2 Å². The van der Waals surface area contributed by atoms with Crippen molar-refractivity contribution in [2.24, 2.45) is 0 Å². The maximum absolute atomic E-state index is 11.3. The third kappa shape index (κ3) is 1.55. The Kier molecular flexibility index (Phi) is 2.35. The van der Waals surface area contributed by atoms with E-state index in [1.54, 1.807) is 19.2 Å². The normalized spacial score (nSPS) is 13.2. The largest absolute Gasteiger partial charge is 0.493 e. The quantitative estimate of drug-likeness (QED) is 0.662. The van der Waals surface area contributed by atoms with Crippen molar-refractivity contribution >= 4 is 5.97 Å². The lowest BCUT2D eigenvalue weighted by Crippen LogP contribution is -2.06. The van der Waals surface area contributed by atoms with Crippen molar-refractivity contribution in [3.05, 3.63) is 23.5 Å². The van der Waals surface area contributed by atoms with E-state index in [2.05, 4.69) is 4.98 Å². The van der Waals surface area contributed by atoms with E-state index in [0.29, 0.717) is 18.9 Å². The Bertz CT molecular complexity index is 362. The van der Waals surface area contributed by atoms with Crippen molar-refractivity contribution in [2.45, 2.75) is 13.3 Å². The fourth-order valence-electron chi connectivity index (χ4n) is 1.37. The van der Waals surface area contributed by atoms with Gasteiger partial charge in [0.1, 0.15) is 5.75 Å². The summed E-state index contributed by atoms with van der Waals surface area (Å²) in [6.07, 6.45) is 2.54. The maximum atomic E-state index is 11.3. The Balaban J connectivity index is 2.24. The van der Waals surface area contributed by atoms with Gasteiger partial charge in [-0.25, -0.2) is 9.78 Å². The summed E-state index contributed by atoms with van der Waals surface area (Å²) in [5, 5.41) is 0. The highest BCUT2D eigenvalue weighted by Gasteiger charge is 2.16. The second kappa shape index (κ2) is 3.65. The predicted molar refractivity (Wildman–Crippen MR) is 49.4 cm³/mol. The second-order valence-electron chi connectivity index (χ2n) is 3.00. The third-order valence-corrected chi connectivity index (χ3v) is 2.06. The SMILES string of the molecule is CCOC(=O)c1cc2c(cn1)CCO2. The van der Waals surface area contributed by atoms with E-state index >= 15 is 0 Å². The number of esters is 1. The van der Waals surface area contributed by atoms with Gasteiger partial charge < -0.3 is 9.47 Å². The Morgan fingerprint density at radius 1 is 1.71 bits per heavy atom. The molecule has 0 saturated carbocycles. The van der Waals surface area contributed by atoms with Crippen molar-refractivity contribution in [1.82, 2.24) is 4.98 Å². The first-order valence-electron chi connectivity index (χ1n) is 4.60. The van der Waals surface area contributed by atoms with E-state index in [4.69, 9.17) is 9.47 Å². The van der Waals surface area contributed by atoms with Crippen LogP contribution in [0.25, 0.3) is 0 Å². The highest BCUT2D eigenvalue weighted by atomic mass is 16.5. The summed E-state index contributed by atoms with van der Waals surface area (Å²) < 4.78 is 10.2. The van der Waals surface area contributed by atoms with Gasteiger partial charge >= 0.3 is 5.97 Å². The van der Waals surface area contributed by atoms with E-state index < -0.39 is 5.97 Å². The van der Waals surface area contributed by atoms with E-state index in [9.17, 15) is 4.79 Å². The first-order chi connectivity index (χ1) is 6.81. The zero-order chi connectivity index (χ0) is 9.97. The molecule has 0 spiro atoms. The van der Waals surface area contributed by atoms with Crippen LogP contribution >= 0.6 is 0 Å². The number of carbonyl (C=O) groups is 1. The molecule has 1 aromatic rings. The number of hydrogen-bond donors (Lipinski definition) is 0.